The van der Waals surface area contributed by atoms with Gasteiger partial charge in [-0.25, -0.2) is 14.8 Å². The van der Waals surface area contributed by atoms with Gasteiger partial charge in [-0.1, -0.05) is 30.3 Å². The number of benzene rings is 2. The minimum atomic E-state index is -0.578. The van der Waals surface area contributed by atoms with Gasteiger partial charge >= 0.3 is 0 Å². The van der Waals surface area contributed by atoms with Crippen molar-refractivity contribution in [3.05, 3.63) is 75.3 Å². The second kappa shape index (κ2) is 7.94. The Balaban J connectivity index is 1.65. The van der Waals surface area contributed by atoms with Gasteiger partial charge in [-0.15, -0.1) is 0 Å². The maximum Gasteiger partial charge on any atom is 0.270 e. The summed E-state index contributed by atoms with van der Waals surface area (Å²) in [6.45, 7) is 0.567. The first-order valence-electron chi connectivity index (χ1n) is 9.00. The molecule has 0 bridgehead atoms. The van der Waals surface area contributed by atoms with Gasteiger partial charge in [-0.3, -0.25) is 9.78 Å². The molecular weight excluding hydrogens is 373 g/mol. The molecule has 0 radical (unpaired) electrons. The topological polar surface area (TPSA) is 103 Å². The lowest BCUT2D eigenvalue weighted by Crippen LogP contribution is -2.16. The predicted molar refractivity (Wildman–Crippen MR) is 106 cm³/mol. The number of anilines is 1. The van der Waals surface area contributed by atoms with Crippen LogP contribution in [0.1, 0.15) is 23.1 Å². The molecule has 2 N–H and O–H groups in total. The Morgan fingerprint density at radius 1 is 1.31 bits per heavy atom. The summed E-state index contributed by atoms with van der Waals surface area (Å²) in [5.74, 6) is 0.303. The molecule has 2 aromatic carbocycles. The molecule has 144 valence electrons. The number of nitrogens with zero attached hydrogens (tertiary/aromatic N) is 3. The summed E-state index contributed by atoms with van der Waals surface area (Å²) < 4.78 is 19.5. The molecule has 0 fully saturated rings. The standard InChI is InChI=1S/C21H16FN5O2/c22-16-9-14-7-4-8-29-19(14)15(10-16)12-24-27-21-25-18(13-5-2-1-3-6-13)17(11-23)20(28)26-21/h1-3,5-6,9-10,12H,4,7-8H2,(H2,25,26,27,28). The van der Waals surface area contributed by atoms with E-state index in [1.54, 1.807) is 24.3 Å². The molecular formula is C21H16FN5O2. The Labute approximate surface area is 165 Å². The molecule has 0 aliphatic carbocycles. The number of ether oxygens (including phenoxy) is 1. The van der Waals surface area contributed by atoms with E-state index in [4.69, 9.17) is 4.74 Å². The SMILES string of the molecule is N#Cc1c(-c2ccccc2)nc(NN=Cc2cc(F)cc3c2OCCC3)[nH]c1=O. The van der Waals surface area contributed by atoms with Crippen molar-refractivity contribution in [1.29, 1.82) is 5.26 Å². The smallest absolute Gasteiger partial charge is 0.270 e. The highest BCUT2D eigenvalue weighted by Crippen LogP contribution is 2.29. The lowest BCUT2D eigenvalue weighted by Gasteiger charge is -2.19. The predicted octanol–water partition coefficient (Wildman–Crippen LogP) is 3.22. The van der Waals surface area contributed by atoms with Crippen LogP contribution in [0.15, 0.2) is 52.4 Å². The number of H-pyrrole nitrogens is 1. The molecule has 4 rings (SSSR count). The van der Waals surface area contributed by atoms with Gasteiger partial charge in [0.15, 0.2) is 0 Å². The van der Waals surface area contributed by atoms with Crippen LogP contribution in [0.3, 0.4) is 0 Å². The number of hydrogen-bond donors (Lipinski definition) is 2. The van der Waals surface area contributed by atoms with Gasteiger partial charge in [0.25, 0.3) is 5.56 Å². The third-order valence-corrected chi connectivity index (χ3v) is 4.45. The first-order valence-corrected chi connectivity index (χ1v) is 9.00. The second-order valence-electron chi connectivity index (χ2n) is 6.42. The van der Waals surface area contributed by atoms with E-state index in [1.807, 2.05) is 12.1 Å². The molecule has 0 saturated carbocycles. The number of aromatic nitrogens is 2. The molecule has 1 aliphatic rings. The highest BCUT2D eigenvalue weighted by molar-refractivity contribution is 5.85. The summed E-state index contributed by atoms with van der Waals surface area (Å²) in [5, 5.41) is 13.4. The van der Waals surface area contributed by atoms with Crippen molar-refractivity contribution in [3.8, 4) is 23.1 Å². The average molecular weight is 389 g/mol. The highest BCUT2D eigenvalue weighted by atomic mass is 19.1. The van der Waals surface area contributed by atoms with Gasteiger partial charge in [-0.2, -0.15) is 10.4 Å². The van der Waals surface area contributed by atoms with Crippen LogP contribution in [0.2, 0.25) is 0 Å². The largest absolute Gasteiger partial charge is 0.493 e. The lowest BCUT2D eigenvalue weighted by atomic mass is 10.0. The van der Waals surface area contributed by atoms with Crippen LogP contribution < -0.4 is 15.7 Å². The van der Waals surface area contributed by atoms with E-state index in [-0.39, 0.29) is 23.0 Å². The quantitative estimate of drug-likeness (QED) is 0.527. The number of hydrazone groups is 1. The van der Waals surface area contributed by atoms with Crippen LogP contribution in [0.5, 0.6) is 5.75 Å². The first kappa shape index (κ1) is 18.4. The molecule has 3 aromatic rings. The summed E-state index contributed by atoms with van der Waals surface area (Å²) in [4.78, 5) is 19.0. The number of fused-ring (bicyclic) bond motifs is 1. The number of nitrogens with one attached hydrogen (secondary N) is 2. The number of aromatic amines is 1. The van der Waals surface area contributed by atoms with E-state index in [0.29, 0.717) is 23.5 Å². The molecule has 29 heavy (non-hydrogen) atoms. The molecule has 0 spiro atoms. The van der Waals surface area contributed by atoms with Gasteiger partial charge < -0.3 is 4.74 Å². The fourth-order valence-corrected chi connectivity index (χ4v) is 3.17. The van der Waals surface area contributed by atoms with Gasteiger partial charge in [0, 0.05) is 11.1 Å². The van der Waals surface area contributed by atoms with Gasteiger partial charge in [0.2, 0.25) is 5.95 Å². The van der Waals surface area contributed by atoms with E-state index in [0.717, 1.165) is 18.4 Å². The van der Waals surface area contributed by atoms with Crippen LogP contribution >= 0.6 is 0 Å². The number of aryl methyl sites for hydroxylation is 1. The lowest BCUT2D eigenvalue weighted by molar-refractivity contribution is 0.287. The number of rotatable bonds is 4. The maximum absolute atomic E-state index is 13.9. The van der Waals surface area contributed by atoms with E-state index in [2.05, 4.69) is 20.5 Å². The van der Waals surface area contributed by atoms with E-state index >= 15 is 0 Å². The molecule has 0 amide bonds. The van der Waals surface area contributed by atoms with Crippen molar-refractivity contribution in [2.45, 2.75) is 12.8 Å². The summed E-state index contributed by atoms with van der Waals surface area (Å²) in [7, 11) is 0. The fourth-order valence-electron chi connectivity index (χ4n) is 3.17. The van der Waals surface area contributed by atoms with Gasteiger partial charge in [0.05, 0.1) is 18.5 Å². The summed E-state index contributed by atoms with van der Waals surface area (Å²) in [6.07, 6.45) is 2.99. The molecule has 0 atom stereocenters. The summed E-state index contributed by atoms with van der Waals surface area (Å²) >= 11 is 0. The zero-order chi connectivity index (χ0) is 20.2. The number of halogens is 1. The van der Waals surface area contributed by atoms with Crippen molar-refractivity contribution in [1.82, 2.24) is 9.97 Å². The Morgan fingerprint density at radius 2 is 2.14 bits per heavy atom. The van der Waals surface area contributed by atoms with Crippen LogP contribution in [0.25, 0.3) is 11.3 Å². The van der Waals surface area contributed by atoms with E-state index < -0.39 is 5.56 Å². The third kappa shape index (κ3) is 3.84. The minimum Gasteiger partial charge on any atom is -0.493 e. The second-order valence-corrected chi connectivity index (χ2v) is 6.42. The average Bonchev–Trinajstić information content (AvgIpc) is 2.74. The van der Waals surface area contributed by atoms with Crippen molar-refractivity contribution < 1.29 is 9.13 Å². The van der Waals surface area contributed by atoms with Crippen LogP contribution in [0, 0.1) is 17.1 Å². The third-order valence-electron chi connectivity index (χ3n) is 4.45. The maximum atomic E-state index is 13.9. The minimum absolute atomic E-state index is 0.0651. The Morgan fingerprint density at radius 3 is 2.93 bits per heavy atom. The summed E-state index contributed by atoms with van der Waals surface area (Å²) in [5.41, 5.74) is 4.15. The molecule has 7 nitrogen and oxygen atoms in total. The Kier molecular flexibility index (Phi) is 5.03. The highest BCUT2D eigenvalue weighted by Gasteiger charge is 2.16. The van der Waals surface area contributed by atoms with E-state index in [1.165, 1.54) is 18.3 Å². The summed E-state index contributed by atoms with van der Waals surface area (Å²) in [6, 6.07) is 13.6. The molecule has 0 saturated heterocycles. The number of hydrogen-bond acceptors (Lipinski definition) is 6. The van der Waals surface area contributed by atoms with Crippen molar-refractivity contribution in [3.63, 3.8) is 0 Å². The zero-order valence-electron chi connectivity index (χ0n) is 15.3. The molecule has 0 unspecified atom stereocenters. The molecule has 8 heteroatoms. The normalized spacial score (nSPS) is 12.8. The van der Waals surface area contributed by atoms with Crippen LogP contribution in [-0.4, -0.2) is 22.8 Å². The van der Waals surface area contributed by atoms with Crippen molar-refractivity contribution in [2.24, 2.45) is 5.10 Å². The van der Waals surface area contributed by atoms with Crippen molar-refractivity contribution >= 4 is 12.2 Å². The fraction of sp³-hybridized carbons (Fsp3) is 0.143. The zero-order valence-corrected chi connectivity index (χ0v) is 15.3. The monoisotopic (exact) mass is 389 g/mol. The van der Waals surface area contributed by atoms with Crippen LogP contribution in [-0.2, 0) is 6.42 Å². The number of nitriles is 1. The molecule has 1 aliphatic heterocycles. The van der Waals surface area contributed by atoms with Gasteiger partial charge in [-0.05, 0) is 30.5 Å². The Hall–Kier alpha value is -3.99. The van der Waals surface area contributed by atoms with Crippen molar-refractivity contribution in [2.75, 3.05) is 12.0 Å². The Bertz CT molecular complexity index is 1180. The first-order chi connectivity index (χ1) is 14.2. The van der Waals surface area contributed by atoms with Gasteiger partial charge in [0.1, 0.15) is 23.2 Å². The van der Waals surface area contributed by atoms with Crippen LogP contribution in [0.4, 0.5) is 10.3 Å². The molecule has 1 aromatic heterocycles. The molecule has 2 heterocycles. The van der Waals surface area contributed by atoms with E-state index in [9.17, 15) is 14.4 Å².